The summed E-state index contributed by atoms with van der Waals surface area (Å²) in [5.74, 6) is 1.31. The predicted molar refractivity (Wildman–Crippen MR) is 101 cm³/mol. The monoisotopic (exact) mass is 330 g/mol. The average Bonchev–Trinajstić information content (AvgIpc) is 3.00. The van der Waals surface area contributed by atoms with Crippen molar-refractivity contribution < 1.29 is 5.11 Å². The van der Waals surface area contributed by atoms with Gasteiger partial charge >= 0.3 is 0 Å². The van der Waals surface area contributed by atoms with Crippen LogP contribution >= 0.6 is 0 Å². The van der Waals surface area contributed by atoms with Crippen LogP contribution in [0, 0.1) is 5.92 Å². The van der Waals surface area contributed by atoms with Gasteiger partial charge in [0.25, 0.3) is 0 Å². The summed E-state index contributed by atoms with van der Waals surface area (Å²) in [6.45, 7) is 6.78. The van der Waals surface area contributed by atoms with Crippen molar-refractivity contribution in [3.63, 3.8) is 0 Å². The molecule has 0 amide bonds. The van der Waals surface area contributed by atoms with Crippen LogP contribution in [0.2, 0.25) is 0 Å². The first-order chi connectivity index (χ1) is 11.8. The van der Waals surface area contributed by atoms with Gasteiger partial charge in [0.05, 0.1) is 6.54 Å². The number of nitrogens with zero attached hydrogens (tertiary/aromatic N) is 1. The van der Waals surface area contributed by atoms with Gasteiger partial charge in [-0.1, -0.05) is 31.5 Å². The quantitative estimate of drug-likeness (QED) is 0.422. The van der Waals surface area contributed by atoms with E-state index in [9.17, 15) is 5.11 Å². The standard InChI is InChI=1S/C19H30N4O/c1-3-7-15(10-11-24)13-21-19(20-4-2)22-14-17-12-16-8-5-6-9-18(16)23-17/h5-6,8-9,12,15,23-24H,3-4,7,10-11,13-14H2,1-2H3,(H2,20,21,22). The second-order valence-corrected chi connectivity index (χ2v) is 6.12. The van der Waals surface area contributed by atoms with Crippen LogP contribution in [0.5, 0.6) is 0 Å². The van der Waals surface area contributed by atoms with Crippen molar-refractivity contribution in [1.82, 2.24) is 15.6 Å². The van der Waals surface area contributed by atoms with E-state index in [4.69, 9.17) is 0 Å². The first kappa shape index (κ1) is 18.3. The molecular formula is C19H30N4O. The first-order valence-corrected chi connectivity index (χ1v) is 8.96. The lowest BCUT2D eigenvalue weighted by atomic mass is 10.0. The van der Waals surface area contributed by atoms with E-state index in [1.807, 2.05) is 12.1 Å². The van der Waals surface area contributed by atoms with Crippen LogP contribution in [-0.2, 0) is 6.54 Å². The van der Waals surface area contributed by atoms with E-state index < -0.39 is 0 Å². The van der Waals surface area contributed by atoms with Gasteiger partial charge in [0.15, 0.2) is 5.96 Å². The zero-order chi connectivity index (χ0) is 17.2. The fourth-order valence-electron chi connectivity index (χ4n) is 2.90. The number of benzene rings is 1. The number of aliphatic hydroxyl groups excluding tert-OH is 1. The average molecular weight is 330 g/mol. The lowest BCUT2D eigenvalue weighted by molar-refractivity contribution is 0.251. The number of rotatable bonds is 9. The van der Waals surface area contributed by atoms with Crippen molar-refractivity contribution in [3.05, 3.63) is 36.0 Å². The number of aliphatic hydroxyl groups is 1. The Kier molecular flexibility index (Phi) is 7.62. The Labute approximate surface area is 144 Å². The molecule has 4 N–H and O–H groups in total. The molecule has 0 saturated carbocycles. The summed E-state index contributed by atoms with van der Waals surface area (Å²) >= 11 is 0. The van der Waals surface area contributed by atoms with Crippen LogP contribution in [0.15, 0.2) is 35.3 Å². The Morgan fingerprint density at radius 2 is 2.04 bits per heavy atom. The maximum atomic E-state index is 9.18. The van der Waals surface area contributed by atoms with Crippen molar-refractivity contribution in [3.8, 4) is 0 Å². The molecule has 0 aliphatic carbocycles. The minimum atomic E-state index is 0.245. The third kappa shape index (κ3) is 5.57. The second-order valence-electron chi connectivity index (χ2n) is 6.12. The zero-order valence-corrected chi connectivity index (χ0v) is 14.8. The number of aromatic nitrogens is 1. The summed E-state index contributed by atoms with van der Waals surface area (Å²) in [7, 11) is 0. The highest BCUT2D eigenvalue weighted by Gasteiger charge is 2.08. The van der Waals surface area contributed by atoms with Gasteiger partial charge in [-0.25, -0.2) is 4.99 Å². The molecule has 0 spiro atoms. The molecular weight excluding hydrogens is 300 g/mol. The fraction of sp³-hybridized carbons (Fsp3) is 0.526. The third-order valence-corrected chi connectivity index (χ3v) is 4.13. The molecule has 0 fully saturated rings. The normalized spacial score (nSPS) is 13.2. The van der Waals surface area contributed by atoms with E-state index in [-0.39, 0.29) is 6.61 Å². The first-order valence-electron chi connectivity index (χ1n) is 8.96. The maximum absolute atomic E-state index is 9.18. The summed E-state index contributed by atoms with van der Waals surface area (Å²) in [4.78, 5) is 8.07. The van der Waals surface area contributed by atoms with Gasteiger partial charge in [-0.3, -0.25) is 0 Å². The van der Waals surface area contributed by atoms with E-state index in [2.05, 4.69) is 52.7 Å². The summed E-state index contributed by atoms with van der Waals surface area (Å²) in [5.41, 5.74) is 2.25. The molecule has 132 valence electrons. The molecule has 2 aromatic rings. The van der Waals surface area contributed by atoms with Crippen molar-refractivity contribution in [2.45, 2.75) is 39.7 Å². The molecule has 1 atom stereocenters. The Bertz CT molecular complexity index is 596. The molecule has 1 heterocycles. The lowest BCUT2D eigenvalue weighted by Crippen LogP contribution is -2.40. The van der Waals surface area contributed by atoms with Gasteiger partial charge in [-0.05, 0) is 43.2 Å². The zero-order valence-electron chi connectivity index (χ0n) is 14.8. The van der Waals surface area contributed by atoms with Crippen LogP contribution in [0.3, 0.4) is 0 Å². The molecule has 0 bridgehead atoms. The molecule has 1 aromatic heterocycles. The summed E-state index contributed by atoms with van der Waals surface area (Å²) in [6.07, 6.45) is 3.09. The van der Waals surface area contributed by atoms with E-state index in [0.717, 1.165) is 49.5 Å². The highest BCUT2D eigenvalue weighted by Crippen LogP contribution is 2.15. The molecule has 5 heteroatoms. The minimum absolute atomic E-state index is 0.245. The molecule has 0 saturated heterocycles. The van der Waals surface area contributed by atoms with Crippen LogP contribution in [0.25, 0.3) is 10.9 Å². The highest BCUT2D eigenvalue weighted by molar-refractivity contribution is 5.81. The number of nitrogens with one attached hydrogen (secondary N) is 3. The lowest BCUT2D eigenvalue weighted by Gasteiger charge is -2.18. The molecule has 2 rings (SSSR count). The van der Waals surface area contributed by atoms with Gasteiger partial charge in [-0.15, -0.1) is 0 Å². The van der Waals surface area contributed by atoms with Crippen LogP contribution in [0.4, 0.5) is 0 Å². The van der Waals surface area contributed by atoms with E-state index >= 15 is 0 Å². The largest absolute Gasteiger partial charge is 0.396 e. The van der Waals surface area contributed by atoms with Gasteiger partial charge < -0.3 is 20.7 Å². The highest BCUT2D eigenvalue weighted by atomic mass is 16.3. The summed E-state index contributed by atoms with van der Waals surface area (Å²) < 4.78 is 0. The topological polar surface area (TPSA) is 72.4 Å². The Morgan fingerprint density at radius 1 is 1.21 bits per heavy atom. The number of aliphatic imine (C=N–C) groups is 1. The molecule has 0 radical (unpaired) electrons. The van der Waals surface area contributed by atoms with Crippen molar-refractivity contribution in [2.75, 3.05) is 19.7 Å². The number of hydrogen-bond donors (Lipinski definition) is 4. The van der Waals surface area contributed by atoms with Gasteiger partial charge in [0.2, 0.25) is 0 Å². The Hall–Kier alpha value is -2.01. The Morgan fingerprint density at radius 3 is 2.75 bits per heavy atom. The van der Waals surface area contributed by atoms with Crippen molar-refractivity contribution in [1.29, 1.82) is 0 Å². The third-order valence-electron chi connectivity index (χ3n) is 4.13. The number of aromatic amines is 1. The number of guanidine groups is 1. The fourth-order valence-corrected chi connectivity index (χ4v) is 2.90. The number of hydrogen-bond acceptors (Lipinski definition) is 2. The number of fused-ring (bicyclic) bond motifs is 1. The van der Waals surface area contributed by atoms with Gasteiger partial charge in [-0.2, -0.15) is 0 Å². The van der Waals surface area contributed by atoms with Crippen molar-refractivity contribution in [2.24, 2.45) is 10.9 Å². The molecule has 24 heavy (non-hydrogen) atoms. The van der Waals surface area contributed by atoms with Gasteiger partial charge in [0.1, 0.15) is 0 Å². The van der Waals surface area contributed by atoms with Crippen LogP contribution < -0.4 is 10.6 Å². The molecule has 1 aromatic carbocycles. The second kappa shape index (κ2) is 9.98. The van der Waals surface area contributed by atoms with Crippen LogP contribution in [-0.4, -0.2) is 35.7 Å². The molecule has 1 unspecified atom stereocenters. The number of H-pyrrole nitrogens is 1. The SMILES string of the molecule is CCCC(CCO)CNC(=NCc1cc2ccccc2[nH]1)NCC. The van der Waals surface area contributed by atoms with E-state index in [1.165, 1.54) is 5.39 Å². The minimum Gasteiger partial charge on any atom is -0.396 e. The Balaban J connectivity index is 1.96. The smallest absolute Gasteiger partial charge is 0.191 e. The summed E-state index contributed by atoms with van der Waals surface area (Å²) in [6, 6.07) is 10.4. The molecule has 0 aliphatic rings. The molecule has 0 aliphatic heterocycles. The van der Waals surface area contributed by atoms with Crippen LogP contribution in [0.1, 0.15) is 38.8 Å². The van der Waals surface area contributed by atoms with Crippen molar-refractivity contribution >= 4 is 16.9 Å². The maximum Gasteiger partial charge on any atom is 0.191 e. The molecule has 5 nitrogen and oxygen atoms in total. The van der Waals surface area contributed by atoms with E-state index in [1.54, 1.807) is 0 Å². The summed E-state index contributed by atoms with van der Waals surface area (Å²) in [5, 5.41) is 17.1. The predicted octanol–water partition coefficient (Wildman–Crippen LogP) is 3.02. The number of para-hydroxylation sites is 1. The van der Waals surface area contributed by atoms with Gasteiger partial charge in [0, 0.05) is 30.9 Å². The van der Waals surface area contributed by atoms with E-state index in [0.29, 0.717) is 12.5 Å².